The number of nitrogens with two attached hydrogens (primary N) is 1. The number of hydrogen-bond acceptors (Lipinski definition) is 10. The van der Waals surface area contributed by atoms with E-state index in [0.29, 0.717) is 13.1 Å². The van der Waals surface area contributed by atoms with Gasteiger partial charge >= 0.3 is 0 Å². The Labute approximate surface area is 183 Å². The molecule has 2 aromatic rings. The molecule has 3 amide bonds. The normalized spacial score (nSPS) is 13.3. The van der Waals surface area contributed by atoms with Gasteiger partial charge in [-0.2, -0.15) is 10.5 Å². The van der Waals surface area contributed by atoms with Gasteiger partial charge in [-0.05, 0) is 24.3 Å². The number of anilines is 4. The first-order valence-corrected chi connectivity index (χ1v) is 9.81. The minimum Gasteiger partial charge on any atom is -0.368 e. The summed E-state index contributed by atoms with van der Waals surface area (Å²) in [5.41, 5.74) is 15.6. The zero-order valence-corrected chi connectivity index (χ0v) is 17.5. The number of carbonyl (C=O) groups is 3. The number of rotatable bonds is 8. The Morgan fingerprint density at radius 1 is 1.16 bits per heavy atom. The Balaban J connectivity index is 1.70. The number of nitrogens with one attached hydrogen (secondary N) is 4. The Bertz CT molecular complexity index is 1000. The van der Waals surface area contributed by atoms with Crippen LogP contribution in [0.5, 0.6) is 0 Å². The summed E-state index contributed by atoms with van der Waals surface area (Å²) in [5.74, 6) is -0.977. The first-order valence-electron chi connectivity index (χ1n) is 9.81. The van der Waals surface area contributed by atoms with Crippen LogP contribution < -0.4 is 26.7 Å². The van der Waals surface area contributed by atoms with Crippen LogP contribution in [0.3, 0.4) is 0 Å². The van der Waals surface area contributed by atoms with Crippen LogP contribution in [0, 0.1) is 5.53 Å². The van der Waals surface area contributed by atoms with Crippen molar-refractivity contribution in [3.8, 4) is 0 Å². The van der Waals surface area contributed by atoms with Gasteiger partial charge in [-0.15, -0.1) is 0 Å². The number of hydrogen-bond donors (Lipinski definition) is 5. The van der Waals surface area contributed by atoms with Gasteiger partial charge < -0.3 is 26.2 Å². The summed E-state index contributed by atoms with van der Waals surface area (Å²) < 4.78 is 0. The second-order valence-electron chi connectivity index (χ2n) is 6.99. The molecule has 1 saturated heterocycles. The van der Waals surface area contributed by atoms with Crippen LogP contribution in [-0.2, 0) is 9.59 Å². The van der Waals surface area contributed by atoms with Crippen LogP contribution in [-0.4, -0.2) is 65.3 Å². The van der Waals surface area contributed by atoms with E-state index in [4.69, 9.17) is 11.3 Å². The summed E-state index contributed by atoms with van der Waals surface area (Å²) in [6.45, 7) is 4.25. The van der Waals surface area contributed by atoms with Gasteiger partial charge in [-0.25, -0.2) is 10.4 Å². The number of piperazine rings is 1. The molecule has 1 aliphatic heterocycles. The summed E-state index contributed by atoms with van der Waals surface area (Å²) in [7, 11) is 0. The van der Waals surface area contributed by atoms with E-state index in [1.807, 2.05) is 34.6 Å². The van der Waals surface area contributed by atoms with E-state index < -0.39 is 11.8 Å². The van der Waals surface area contributed by atoms with Gasteiger partial charge in [0.25, 0.3) is 5.91 Å². The van der Waals surface area contributed by atoms with E-state index in [1.165, 1.54) is 6.20 Å². The van der Waals surface area contributed by atoms with Gasteiger partial charge in [0.2, 0.25) is 17.8 Å². The number of primary amides is 1. The molecule has 0 radical (unpaired) electrons. The van der Waals surface area contributed by atoms with Gasteiger partial charge in [0.05, 0.1) is 6.54 Å². The van der Waals surface area contributed by atoms with Gasteiger partial charge in [0.15, 0.2) is 0 Å². The molecule has 0 atom stereocenters. The van der Waals surface area contributed by atoms with Crippen molar-refractivity contribution >= 4 is 40.9 Å². The maximum atomic E-state index is 12.0. The highest BCUT2D eigenvalue weighted by molar-refractivity contribution is 5.98. The highest BCUT2D eigenvalue weighted by Gasteiger charge is 2.19. The van der Waals surface area contributed by atoms with E-state index in [0.717, 1.165) is 24.5 Å². The van der Waals surface area contributed by atoms with Crippen molar-refractivity contribution in [2.75, 3.05) is 48.3 Å². The molecule has 13 heteroatoms. The standard InChI is InChI=1S/C19H24N10O3/c1-12(30)28-6-8-29(9-7-28)14-4-2-13(3-5-14)24-19-23-10-15(18(32)26-27-21)17(25-19)22-11-16(20)31/h2-5,10H,6-9,11H2,1H3,(H2,20,31)(H2,21,26,32)(H2,22,23,24,25). The highest BCUT2D eigenvalue weighted by Crippen LogP contribution is 2.22. The number of benzene rings is 1. The monoisotopic (exact) mass is 440 g/mol. The average Bonchev–Trinajstić information content (AvgIpc) is 2.78. The average molecular weight is 440 g/mol. The Hall–Kier alpha value is -4.29. The number of nitrogens with zero attached hydrogens (tertiary/aromatic N) is 5. The molecule has 0 unspecified atom stereocenters. The predicted molar refractivity (Wildman–Crippen MR) is 117 cm³/mol. The molecule has 0 saturated carbocycles. The molecule has 0 bridgehead atoms. The highest BCUT2D eigenvalue weighted by atomic mass is 16.2. The molecule has 1 aliphatic rings. The quantitative estimate of drug-likeness (QED) is 0.290. The maximum Gasteiger partial charge on any atom is 0.278 e. The van der Waals surface area contributed by atoms with Crippen LogP contribution in [0.4, 0.5) is 23.1 Å². The summed E-state index contributed by atoms with van der Waals surface area (Å²) in [6, 6.07) is 7.64. The fraction of sp³-hybridized carbons (Fsp3) is 0.316. The van der Waals surface area contributed by atoms with Crippen LogP contribution in [0.25, 0.3) is 0 Å². The van der Waals surface area contributed by atoms with Crippen LogP contribution in [0.1, 0.15) is 17.3 Å². The molecule has 3 rings (SSSR count). The van der Waals surface area contributed by atoms with Crippen LogP contribution in [0.15, 0.2) is 35.7 Å². The van der Waals surface area contributed by atoms with Crippen molar-refractivity contribution in [3.05, 3.63) is 36.0 Å². The molecule has 13 nitrogen and oxygen atoms in total. The Morgan fingerprint density at radius 2 is 1.84 bits per heavy atom. The third-order valence-electron chi connectivity index (χ3n) is 4.83. The predicted octanol–water partition coefficient (Wildman–Crippen LogP) is 0.462. The minimum atomic E-state index is -0.701. The fourth-order valence-electron chi connectivity index (χ4n) is 3.19. The first-order chi connectivity index (χ1) is 15.4. The van der Waals surface area contributed by atoms with Crippen molar-refractivity contribution in [1.29, 1.82) is 5.53 Å². The SMILES string of the molecule is CC(=O)N1CCN(c2ccc(Nc3ncc(C(=O)NN=N)c(NCC(N)=O)n3)cc2)CC1. The van der Waals surface area contributed by atoms with Crippen molar-refractivity contribution < 1.29 is 14.4 Å². The lowest BCUT2D eigenvalue weighted by atomic mass is 10.2. The Kier molecular flexibility index (Phi) is 7.10. The number of carbonyl (C=O) groups excluding carboxylic acids is 3. The van der Waals surface area contributed by atoms with Gasteiger partial charge in [-0.3, -0.25) is 14.4 Å². The largest absolute Gasteiger partial charge is 0.368 e. The molecule has 6 N–H and O–H groups in total. The van der Waals surface area contributed by atoms with E-state index in [1.54, 1.807) is 6.92 Å². The number of amides is 3. The van der Waals surface area contributed by atoms with Gasteiger partial charge in [0, 0.05) is 50.7 Å². The summed E-state index contributed by atoms with van der Waals surface area (Å²) in [4.78, 5) is 47.0. The fourth-order valence-corrected chi connectivity index (χ4v) is 3.19. The zero-order chi connectivity index (χ0) is 23.1. The summed E-state index contributed by atoms with van der Waals surface area (Å²) >= 11 is 0. The van der Waals surface area contributed by atoms with Gasteiger partial charge in [0.1, 0.15) is 11.4 Å². The molecule has 2 heterocycles. The second-order valence-corrected chi connectivity index (χ2v) is 6.99. The lowest BCUT2D eigenvalue weighted by Crippen LogP contribution is -2.48. The lowest BCUT2D eigenvalue weighted by Gasteiger charge is -2.35. The second kappa shape index (κ2) is 10.1. The molecular formula is C19H24N10O3. The topological polar surface area (TPSA) is 182 Å². The third-order valence-corrected chi connectivity index (χ3v) is 4.83. The van der Waals surface area contributed by atoms with Crippen molar-refractivity contribution in [2.24, 2.45) is 11.0 Å². The molecule has 0 aliphatic carbocycles. The first kappa shape index (κ1) is 22.4. The molecular weight excluding hydrogens is 416 g/mol. The minimum absolute atomic E-state index is 0.00727. The van der Waals surface area contributed by atoms with E-state index in [2.05, 4.69) is 30.7 Å². The van der Waals surface area contributed by atoms with Crippen LogP contribution in [0.2, 0.25) is 0 Å². The zero-order valence-electron chi connectivity index (χ0n) is 17.5. The van der Waals surface area contributed by atoms with Crippen molar-refractivity contribution in [3.63, 3.8) is 0 Å². The molecule has 1 aromatic carbocycles. The molecule has 1 fully saturated rings. The number of aromatic nitrogens is 2. The molecule has 168 valence electrons. The maximum absolute atomic E-state index is 12.0. The summed E-state index contributed by atoms with van der Waals surface area (Å²) in [6.07, 6.45) is 1.25. The van der Waals surface area contributed by atoms with Crippen molar-refractivity contribution in [1.82, 2.24) is 20.3 Å². The van der Waals surface area contributed by atoms with E-state index >= 15 is 0 Å². The van der Waals surface area contributed by atoms with E-state index in [-0.39, 0.29) is 29.8 Å². The smallest absolute Gasteiger partial charge is 0.278 e. The van der Waals surface area contributed by atoms with E-state index in [9.17, 15) is 14.4 Å². The Morgan fingerprint density at radius 3 is 2.44 bits per heavy atom. The lowest BCUT2D eigenvalue weighted by molar-refractivity contribution is -0.129. The third kappa shape index (κ3) is 5.65. The van der Waals surface area contributed by atoms with Crippen LogP contribution >= 0.6 is 0 Å². The van der Waals surface area contributed by atoms with Crippen molar-refractivity contribution in [2.45, 2.75) is 6.92 Å². The van der Waals surface area contributed by atoms with Gasteiger partial charge in [-0.1, -0.05) is 5.22 Å². The molecule has 32 heavy (non-hydrogen) atoms. The molecule has 1 aromatic heterocycles. The summed E-state index contributed by atoms with van der Waals surface area (Å²) in [5, 5.41) is 8.55. The molecule has 0 spiro atoms.